The van der Waals surface area contributed by atoms with Crippen LogP contribution in [0, 0.1) is 0 Å². The maximum absolute atomic E-state index is 13.2. The summed E-state index contributed by atoms with van der Waals surface area (Å²) in [7, 11) is 0. The minimum absolute atomic E-state index is 0.0778. The van der Waals surface area contributed by atoms with Crippen LogP contribution in [0.1, 0.15) is 48.5 Å². The molecule has 0 radical (unpaired) electrons. The van der Waals surface area contributed by atoms with Crippen LogP contribution >= 0.6 is 11.6 Å². The van der Waals surface area contributed by atoms with E-state index in [1.807, 2.05) is 37.4 Å². The molecular formula is C27H29ClN6O. The molecule has 0 aliphatic carbocycles. The molecule has 180 valence electrons. The first-order valence-corrected chi connectivity index (χ1v) is 12.3. The standard InChI is InChI=1S/C27H29ClN6O/c1-16(28)25(23-15-31-24-6-4-3-5-22(23)24)33-27(30-2)32-19-13-20-11-12-21(14-19)34(20)26(35)17-7-9-18(29)10-8-17/h3-10,15,19-21,31H,2,11-14,29H2,1H3,(H,32,33)/b25-16+/t19-,20+,21-. The number of nitrogen functional groups attached to an aromatic ring is 1. The Kier molecular flexibility index (Phi) is 6.34. The number of nitrogens with one attached hydrogen (secondary N) is 2. The molecule has 1 aromatic heterocycles. The zero-order valence-electron chi connectivity index (χ0n) is 19.7. The molecule has 2 fully saturated rings. The van der Waals surface area contributed by atoms with Crippen molar-refractivity contribution in [1.29, 1.82) is 0 Å². The number of aliphatic imine (C=N–C) groups is 2. The summed E-state index contributed by atoms with van der Waals surface area (Å²) in [5, 5.41) is 5.09. The van der Waals surface area contributed by atoms with E-state index in [-0.39, 0.29) is 24.0 Å². The zero-order chi connectivity index (χ0) is 24.5. The molecule has 2 aromatic carbocycles. The fourth-order valence-electron chi connectivity index (χ4n) is 5.39. The summed E-state index contributed by atoms with van der Waals surface area (Å²) in [6.45, 7) is 5.56. The summed E-state index contributed by atoms with van der Waals surface area (Å²) < 4.78 is 0. The van der Waals surface area contributed by atoms with E-state index in [9.17, 15) is 4.79 Å². The Hall–Kier alpha value is -3.58. The third-order valence-electron chi connectivity index (χ3n) is 7.00. The number of H-pyrrole nitrogens is 1. The van der Waals surface area contributed by atoms with Crippen LogP contribution in [0.2, 0.25) is 0 Å². The molecule has 2 bridgehead atoms. The van der Waals surface area contributed by atoms with E-state index < -0.39 is 0 Å². The Labute approximate surface area is 209 Å². The first-order chi connectivity index (χ1) is 16.9. The fourth-order valence-corrected chi connectivity index (χ4v) is 5.54. The minimum atomic E-state index is 0.0778. The van der Waals surface area contributed by atoms with Gasteiger partial charge in [-0.15, -0.1) is 0 Å². The summed E-state index contributed by atoms with van der Waals surface area (Å²) >= 11 is 6.47. The fraction of sp³-hybridized carbons (Fsp3) is 0.296. The van der Waals surface area contributed by atoms with E-state index in [0.29, 0.717) is 27.9 Å². The quantitative estimate of drug-likeness (QED) is 0.269. The highest BCUT2D eigenvalue weighted by Crippen LogP contribution is 2.37. The Morgan fingerprint density at radius 1 is 1.14 bits per heavy atom. The van der Waals surface area contributed by atoms with Crippen molar-refractivity contribution in [2.24, 2.45) is 9.98 Å². The molecule has 3 atom stereocenters. The van der Waals surface area contributed by atoms with E-state index >= 15 is 0 Å². The van der Waals surface area contributed by atoms with Crippen molar-refractivity contribution >= 4 is 52.5 Å². The lowest BCUT2D eigenvalue weighted by molar-refractivity contribution is 0.0566. The lowest BCUT2D eigenvalue weighted by Crippen LogP contribution is -2.52. The van der Waals surface area contributed by atoms with Crippen molar-refractivity contribution in [1.82, 2.24) is 15.2 Å². The maximum Gasteiger partial charge on any atom is 0.254 e. The number of para-hydroxylation sites is 1. The van der Waals surface area contributed by atoms with Crippen LogP contribution < -0.4 is 11.1 Å². The van der Waals surface area contributed by atoms with Crippen LogP contribution in [-0.2, 0) is 0 Å². The smallest absolute Gasteiger partial charge is 0.254 e. The number of nitrogens with two attached hydrogens (primary N) is 1. The molecule has 1 amide bonds. The highest BCUT2D eigenvalue weighted by Gasteiger charge is 2.43. The normalized spacial score (nSPS) is 22.7. The van der Waals surface area contributed by atoms with Crippen molar-refractivity contribution in [3.63, 3.8) is 0 Å². The Morgan fingerprint density at radius 2 is 1.83 bits per heavy atom. The molecular weight excluding hydrogens is 460 g/mol. The van der Waals surface area contributed by atoms with Gasteiger partial charge in [0.25, 0.3) is 5.91 Å². The molecule has 0 spiro atoms. The molecule has 5 rings (SSSR count). The SMILES string of the molecule is C=N/C(=N\C(=C(/C)Cl)c1c[nH]c2ccccc12)N[C@H]1C[C@H]2CC[C@@H](C1)N2C(=O)c1ccc(N)cc1. The molecule has 2 aliphatic heterocycles. The lowest BCUT2D eigenvalue weighted by Gasteiger charge is -2.39. The van der Waals surface area contributed by atoms with Gasteiger partial charge >= 0.3 is 0 Å². The number of hydrogen-bond acceptors (Lipinski definition) is 3. The number of carbonyl (C=O) groups is 1. The van der Waals surface area contributed by atoms with E-state index in [1.54, 1.807) is 24.3 Å². The largest absolute Gasteiger partial charge is 0.399 e. The topological polar surface area (TPSA) is 98.9 Å². The number of carbonyl (C=O) groups excluding carboxylic acids is 1. The molecule has 4 N–H and O–H groups in total. The number of amides is 1. The van der Waals surface area contributed by atoms with Crippen molar-refractivity contribution in [2.45, 2.75) is 50.7 Å². The summed E-state index contributed by atoms with van der Waals surface area (Å²) in [4.78, 5) is 27.5. The van der Waals surface area contributed by atoms with Crippen molar-refractivity contribution in [2.75, 3.05) is 5.73 Å². The number of rotatable bonds is 4. The van der Waals surface area contributed by atoms with Crippen LogP contribution in [0.15, 0.2) is 69.7 Å². The number of halogens is 1. The number of anilines is 1. The number of hydrogen-bond donors (Lipinski definition) is 3. The average molecular weight is 489 g/mol. The molecule has 3 heterocycles. The predicted octanol–water partition coefficient (Wildman–Crippen LogP) is 5.16. The van der Waals surface area contributed by atoms with E-state index in [2.05, 4.69) is 26.9 Å². The monoisotopic (exact) mass is 488 g/mol. The van der Waals surface area contributed by atoms with Gasteiger partial charge in [0.05, 0.1) is 5.70 Å². The van der Waals surface area contributed by atoms with Crippen LogP contribution in [0.3, 0.4) is 0 Å². The van der Waals surface area contributed by atoms with Crippen LogP contribution in [0.5, 0.6) is 0 Å². The first kappa shape index (κ1) is 23.2. The van der Waals surface area contributed by atoms with Crippen molar-refractivity contribution < 1.29 is 4.79 Å². The average Bonchev–Trinajstić information content (AvgIpc) is 3.39. The zero-order valence-corrected chi connectivity index (χ0v) is 20.4. The number of aromatic amines is 1. The summed E-state index contributed by atoms with van der Waals surface area (Å²) in [6.07, 6.45) is 5.57. The van der Waals surface area contributed by atoms with Gasteiger partial charge in [-0.3, -0.25) is 4.79 Å². The summed E-state index contributed by atoms with van der Waals surface area (Å²) in [5.74, 6) is 0.516. The number of nitrogens with zero attached hydrogens (tertiary/aromatic N) is 3. The molecule has 2 saturated heterocycles. The third-order valence-corrected chi connectivity index (χ3v) is 7.18. The van der Waals surface area contributed by atoms with Gasteiger partial charge in [0.1, 0.15) is 0 Å². The van der Waals surface area contributed by atoms with Gasteiger partial charge in [0.2, 0.25) is 5.96 Å². The highest BCUT2D eigenvalue weighted by molar-refractivity contribution is 6.32. The van der Waals surface area contributed by atoms with Gasteiger partial charge in [-0.1, -0.05) is 29.8 Å². The molecule has 3 aromatic rings. The minimum Gasteiger partial charge on any atom is -0.399 e. The van der Waals surface area contributed by atoms with Crippen LogP contribution in [0.4, 0.5) is 5.69 Å². The van der Waals surface area contributed by atoms with Crippen LogP contribution in [0.25, 0.3) is 16.6 Å². The second kappa shape index (κ2) is 9.58. The number of piperidine rings is 1. The second-order valence-electron chi connectivity index (χ2n) is 9.26. The maximum atomic E-state index is 13.2. The van der Waals surface area contributed by atoms with Crippen LogP contribution in [-0.4, -0.2) is 46.6 Å². The number of aromatic nitrogens is 1. The number of allylic oxidation sites excluding steroid dienone is 1. The van der Waals surface area contributed by atoms with Crippen molar-refractivity contribution in [3.8, 4) is 0 Å². The molecule has 8 heteroatoms. The summed E-state index contributed by atoms with van der Waals surface area (Å²) in [5.41, 5.74) is 9.72. The highest BCUT2D eigenvalue weighted by atomic mass is 35.5. The summed E-state index contributed by atoms with van der Waals surface area (Å²) in [6, 6.07) is 15.7. The van der Waals surface area contributed by atoms with E-state index in [4.69, 9.17) is 22.3 Å². The van der Waals surface area contributed by atoms with Gasteiger partial charge in [0, 0.05) is 57.1 Å². The molecule has 2 aliphatic rings. The van der Waals surface area contributed by atoms with Gasteiger partial charge in [-0.05, 0) is 69.7 Å². The lowest BCUT2D eigenvalue weighted by atomic mass is 9.96. The Balaban J connectivity index is 1.33. The van der Waals surface area contributed by atoms with Gasteiger partial charge in [-0.25, -0.2) is 9.98 Å². The van der Waals surface area contributed by atoms with Gasteiger partial charge in [-0.2, -0.15) is 0 Å². The second-order valence-corrected chi connectivity index (χ2v) is 9.82. The number of fused-ring (bicyclic) bond motifs is 3. The van der Waals surface area contributed by atoms with Gasteiger partial charge < -0.3 is 20.9 Å². The van der Waals surface area contributed by atoms with Crippen molar-refractivity contribution in [3.05, 3.63) is 70.9 Å². The Morgan fingerprint density at radius 3 is 2.49 bits per heavy atom. The molecule has 7 nitrogen and oxygen atoms in total. The predicted molar refractivity (Wildman–Crippen MR) is 144 cm³/mol. The molecule has 35 heavy (non-hydrogen) atoms. The van der Waals surface area contributed by atoms with E-state index in [0.717, 1.165) is 42.1 Å². The number of benzene rings is 2. The van der Waals surface area contributed by atoms with E-state index in [1.165, 1.54) is 0 Å². The number of guanidine groups is 1. The Bertz CT molecular complexity index is 1310. The van der Waals surface area contributed by atoms with Gasteiger partial charge in [0.15, 0.2) is 0 Å². The first-order valence-electron chi connectivity index (χ1n) is 11.9. The molecule has 0 saturated carbocycles. The molecule has 0 unspecified atom stereocenters. The third kappa shape index (κ3) is 4.56.